The fourth-order valence-electron chi connectivity index (χ4n) is 4.53. The highest BCUT2D eigenvalue weighted by Gasteiger charge is 2.44. The van der Waals surface area contributed by atoms with Crippen LogP contribution in [-0.2, 0) is 11.2 Å². The molecule has 1 fully saturated rings. The number of aromatic nitrogens is 2. The molecule has 3 amide bonds. The van der Waals surface area contributed by atoms with Gasteiger partial charge in [-0.3, -0.25) is 9.69 Å². The van der Waals surface area contributed by atoms with E-state index < -0.39 is 18.1 Å². The van der Waals surface area contributed by atoms with E-state index in [4.69, 9.17) is 19.6 Å². The van der Waals surface area contributed by atoms with Gasteiger partial charge in [-0.1, -0.05) is 44.2 Å². The zero-order chi connectivity index (χ0) is 27.9. The number of nitrogens with zero attached hydrogens (tertiary/aromatic N) is 2. The summed E-state index contributed by atoms with van der Waals surface area (Å²) in [5, 5.41) is 11.8. The second kappa shape index (κ2) is 12.4. The van der Waals surface area contributed by atoms with Gasteiger partial charge in [0, 0.05) is 6.42 Å². The van der Waals surface area contributed by atoms with Gasteiger partial charge in [0.15, 0.2) is 0 Å². The molecule has 1 aromatic heterocycles. The van der Waals surface area contributed by atoms with E-state index in [1.54, 1.807) is 31.4 Å². The number of imidazole rings is 1. The summed E-state index contributed by atoms with van der Waals surface area (Å²) in [6.45, 7) is 6.08. The maximum atomic E-state index is 13.7. The third-order valence-corrected chi connectivity index (χ3v) is 6.42. The van der Waals surface area contributed by atoms with Crippen molar-refractivity contribution in [3.63, 3.8) is 0 Å². The standard InChI is InChI=1S/C28H28N4O5.C2H6/c1-17-3-12-22-23(15-17)30-26(29-22)24(16-18-4-8-20(36-2)9-5-18)32-27(34)25(31-28(32)35)19-6-10-21(11-7-19)37-14-13-33;1-2/h3-12,15,24-25,33H,13-14,16H2,1-2H3,(H,29,30)(H,31,35);1-2H3/t24?,25-;/m1./s1. The Morgan fingerprint density at radius 2 is 1.69 bits per heavy atom. The number of aryl methyl sites for hydroxylation is 1. The van der Waals surface area contributed by atoms with Crippen LogP contribution in [0.3, 0.4) is 0 Å². The summed E-state index contributed by atoms with van der Waals surface area (Å²) in [6, 6.07) is 18.4. The highest BCUT2D eigenvalue weighted by Crippen LogP contribution is 2.33. The number of methoxy groups -OCH3 is 1. The van der Waals surface area contributed by atoms with Gasteiger partial charge in [0.25, 0.3) is 5.91 Å². The van der Waals surface area contributed by atoms with Gasteiger partial charge >= 0.3 is 6.03 Å². The van der Waals surface area contributed by atoms with Crippen molar-refractivity contribution in [3.8, 4) is 11.5 Å². The number of fused-ring (bicyclic) bond motifs is 1. The van der Waals surface area contributed by atoms with E-state index in [-0.39, 0.29) is 19.1 Å². The molecule has 0 bridgehead atoms. The molecule has 9 nitrogen and oxygen atoms in total. The summed E-state index contributed by atoms with van der Waals surface area (Å²) in [6.07, 6.45) is 0.378. The fourth-order valence-corrected chi connectivity index (χ4v) is 4.53. The Bertz CT molecular complexity index is 1420. The van der Waals surface area contributed by atoms with Gasteiger partial charge in [-0.2, -0.15) is 0 Å². The van der Waals surface area contributed by atoms with Crippen LogP contribution in [0.25, 0.3) is 11.0 Å². The third kappa shape index (κ3) is 6.04. The summed E-state index contributed by atoms with van der Waals surface area (Å²) >= 11 is 0. The molecule has 0 saturated carbocycles. The van der Waals surface area contributed by atoms with Gasteiger partial charge in [-0.05, 0) is 60.0 Å². The van der Waals surface area contributed by atoms with Gasteiger partial charge in [0.2, 0.25) is 0 Å². The molecule has 0 radical (unpaired) electrons. The number of H-pyrrole nitrogens is 1. The molecular formula is C30H34N4O5. The molecule has 0 aliphatic carbocycles. The zero-order valence-electron chi connectivity index (χ0n) is 22.6. The Hall–Kier alpha value is -4.37. The first-order valence-corrected chi connectivity index (χ1v) is 13.0. The van der Waals surface area contributed by atoms with Gasteiger partial charge in [-0.15, -0.1) is 0 Å². The van der Waals surface area contributed by atoms with E-state index >= 15 is 0 Å². The minimum Gasteiger partial charge on any atom is -0.497 e. The average Bonchev–Trinajstić information content (AvgIpc) is 3.52. The minimum atomic E-state index is -0.829. The molecule has 39 heavy (non-hydrogen) atoms. The fraction of sp³-hybridized carbons (Fsp3) is 0.300. The summed E-state index contributed by atoms with van der Waals surface area (Å²) < 4.78 is 10.7. The molecule has 1 saturated heterocycles. The first-order chi connectivity index (χ1) is 19.0. The van der Waals surface area contributed by atoms with Crippen LogP contribution in [-0.4, -0.2) is 52.2 Å². The summed E-state index contributed by atoms with van der Waals surface area (Å²) in [7, 11) is 1.60. The molecule has 1 aliphatic heterocycles. The maximum Gasteiger partial charge on any atom is 0.325 e. The van der Waals surface area contributed by atoms with E-state index in [0.717, 1.165) is 27.9 Å². The Kier molecular flexibility index (Phi) is 8.83. The Balaban J connectivity index is 0.00000172. The number of carbonyl (C=O) groups is 2. The van der Waals surface area contributed by atoms with Crippen molar-refractivity contribution >= 4 is 23.0 Å². The van der Waals surface area contributed by atoms with Crippen LogP contribution in [0.1, 0.15) is 48.4 Å². The summed E-state index contributed by atoms with van der Waals surface area (Å²) in [4.78, 5) is 36.2. The predicted octanol–water partition coefficient (Wildman–Crippen LogP) is 4.85. The Morgan fingerprint density at radius 3 is 2.36 bits per heavy atom. The largest absolute Gasteiger partial charge is 0.497 e. The van der Waals surface area contributed by atoms with E-state index in [2.05, 4.69) is 10.3 Å². The molecule has 9 heteroatoms. The summed E-state index contributed by atoms with van der Waals surface area (Å²) in [5.41, 5.74) is 4.26. The molecule has 4 aromatic rings. The number of nitrogens with one attached hydrogen (secondary N) is 2. The van der Waals surface area contributed by atoms with Gasteiger partial charge in [0.05, 0.1) is 24.8 Å². The lowest BCUT2D eigenvalue weighted by Crippen LogP contribution is -2.36. The van der Waals surface area contributed by atoms with Crippen molar-refractivity contribution < 1.29 is 24.2 Å². The number of hydrogen-bond acceptors (Lipinski definition) is 6. The van der Waals surface area contributed by atoms with Crippen LogP contribution in [0, 0.1) is 6.92 Å². The highest BCUT2D eigenvalue weighted by atomic mass is 16.5. The van der Waals surface area contributed by atoms with Crippen molar-refractivity contribution in [2.24, 2.45) is 0 Å². The molecule has 2 atom stereocenters. The van der Waals surface area contributed by atoms with Crippen LogP contribution in [0.15, 0.2) is 66.7 Å². The molecule has 1 aliphatic rings. The maximum absolute atomic E-state index is 13.7. The van der Waals surface area contributed by atoms with E-state index in [1.165, 1.54) is 4.90 Å². The topological polar surface area (TPSA) is 117 Å². The number of benzene rings is 3. The van der Waals surface area contributed by atoms with Crippen LogP contribution >= 0.6 is 0 Å². The van der Waals surface area contributed by atoms with Crippen molar-refractivity contribution in [1.82, 2.24) is 20.2 Å². The lowest BCUT2D eigenvalue weighted by molar-refractivity contribution is -0.129. The lowest BCUT2D eigenvalue weighted by atomic mass is 10.0. The number of amides is 3. The highest BCUT2D eigenvalue weighted by molar-refractivity contribution is 6.05. The molecule has 5 rings (SSSR count). The molecule has 2 heterocycles. The van der Waals surface area contributed by atoms with E-state index in [9.17, 15) is 9.59 Å². The SMILES string of the molecule is CC.COc1ccc(CC(c2nc3ccc(C)cc3[nH]2)N2C(=O)N[C@H](c3ccc(OCCO)cc3)C2=O)cc1. The molecule has 204 valence electrons. The quantitative estimate of drug-likeness (QED) is 0.266. The number of carbonyl (C=O) groups excluding carboxylic acids is 2. The predicted molar refractivity (Wildman–Crippen MR) is 149 cm³/mol. The van der Waals surface area contributed by atoms with Crippen LogP contribution in [0.4, 0.5) is 4.79 Å². The van der Waals surface area contributed by atoms with Crippen molar-refractivity contribution in [2.45, 2.75) is 39.3 Å². The molecule has 1 unspecified atom stereocenters. The van der Waals surface area contributed by atoms with Gasteiger partial charge < -0.3 is 24.9 Å². The number of aliphatic hydroxyl groups excluding tert-OH is 1. The number of aromatic amines is 1. The normalized spacial score (nSPS) is 15.5. The monoisotopic (exact) mass is 530 g/mol. The van der Waals surface area contributed by atoms with Gasteiger partial charge in [-0.25, -0.2) is 9.78 Å². The molecule has 0 spiro atoms. The van der Waals surface area contributed by atoms with Gasteiger partial charge in [0.1, 0.15) is 36.0 Å². The van der Waals surface area contributed by atoms with Crippen molar-refractivity contribution in [1.29, 1.82) is 0 Å². The number of aliphatic hydroxyl groups is 1. The average molecular weight is 531 g/mol. The smallest absolute Gasteiger partial charge is 0.325 e. The number of imide groups is 1. The Labute approximate surface area is 227 Å². The number of hydrogen-bond donors (Lipinski definition) is 3. The van der Waals surface area contributed by atoms with Crippen molar-refractivity contribution in [2.75, 3.05) is 20.3 Å². The van der Waals surface area contributed by atoms with Crippen LogP contribution < -0.4 is 14.8 Å². The van der Waals surface area contributed by atoms with Crippen LogP contribution in [0.2, 0.25) is 0 Å². The molecule has 3 N–H and O–H groups in total. The Morgan fingerprint density at radius 1 is 1.00 bits per heavy atom. The number of urea groups is 1. The molecule has 3 aromatic carbocycles. The number of rotatable bonds is 9. The van der Waals surface area contributed by atoms with E-state index in [0.29, 0.717) is 23.6 Å². The number of ether oxygens (including phenoxy) is 2. The zero-order valence-corrected chi connectivity index (χ0v) is 22.6. The van der Waals surface area contributed by atoms with E-state index in [1.807, 2.05) is 63.2 Å². The van der Waals surface area contributed by atoms with Crippen LogP contribution in [0.5, 0.6) is 11.5 Å². The first kappa shape index (κ1) is 27.7. The second-order valence-electron chi connectivity index (χ2n) is 8.94. The second-order valence-corrected chi connectivity index (χ2v) is 8.94. The minimum absolute atomic E-state index is 0.0924. The van der Waals surface area contributed by atoms with Crippen molar-refractivity contribution in [3.05, 3.63) is 89.2 Å². The summed E-state index contributed by atoms with van der Waals surface area (Å²) in [5.74, 6) is 1.47. The lowest BCUT2D eigenvalue weighted by Gasteiger charge is -2.24. The first-order valence-electron chi connectivity index (χ1n) is 13.0. The third-order valence-electron chi connectivity index (χ3n) is 6.42. The molecular weight excluding hydrogens is 496 g/mol.